The van der Waals surface area contributed by atoms with Gasteiger partial charge in [0.1, 0.15) is 23.0 Å². The lowest BCUT2D eigenvalue weighted by Gasteiger charge is -2.11. The van der Waals surface area contributed by atoms with Crippen molar-refractivity contribution in [1.29, 1.82) is 0 Å². The van der Waals surface area contributed by atoms with E-state index >= 15 is 0 Å². The number of H-pyrrole nitrogens is 1. The second-order valence-corrected chi connectivity index (χ2v) is 8.87. The third-order valence-corrected chi connectivity index (χ3v) is 6.89. The fourth-order valence-corrected chi connectivity index (χ4v) is 5.43. The summed E-state index contributed by atoms with van der Waals surface area (Å²) in [7, 11) is 0. The van der Waals surface area contributed by atoms with Crippen LogP contribution in [0.25, 0.3) is 21.6 Å². The Balaban J connectivity index is 1.53. The molecule has 0 saturated heterocycles. The highest BCUT2D eigenvalue weighted by atomic mass is 32.1. The van der Waals surface area contributed by atoms with E-state index in [1.54, 1.807) is 11.3 Å². The smallest absolute Gasteiger partial charge is 0.260 e. The first-order valence-electron chi connectivity index (χ1n) is 10.6. The van der Waals surface area contributed by atoms with Gasteiger partial charge < -0.3 is 9.72 Å². The molecule has 30 heavy (non-hydrogen) atoms. The van der Waals surface area contributed by atoms with Gasteiger partial charge in [-0.25, -0.2) is 4.98 Å². The summed E-state index contributed by atoms with van der Waals surface area (Å²) in [6.07, 6.45) is 6.90. The Morgan fingerprint density at radius 2 is 1.70 bits per heavy atom. The van der Waals surface area contributed by atoms with Crippen molar-refractivity contribution >= 4 is 21.6 Å². The Morgan fingerprint density at radius 3 is 2.57 bits per heavy atom. The Labute approximate surface area is 179 Å². The number of ether oxygens (including phenoxy) is 1. The van der Waals surface area contributed by atoms with Crippen LogP contribution in [0.15, 0.2) is 59.4 Å². The third kappa shape index (κ3) is 3.77. The van der Waals surface area contributed by atoms with Crippen LogP contribution in [0.4, 0.5) is 0 Å². The molecule has 5 rings (SSSR count). The van der Waals surface area contributed by atoms with E-state index < -0.39 is 0 Å². The van der Waals surface area contributed by atoms with Gasteiger partial charge in [0.25, 0.3) is 5.56 Å². The minimum atomic E-state index is -0.0362. The molecule has 1 N–H and O–H groups in total. The molecule has 0 radical (unpaired) electrons. The van der Waals surface area contributed by atoms with E-state index in [1.165, 1.54) is 29.7 Å². The molecule has 2 heterocycles. The van der Waals surface area contributed by atoms with Crippen LogP contribution >= 0.6 is 11.3 Å². The molecule has 0 bridgehead atoms. The van der Waals surface area contributed by atoms with Crippen LogP contribution < -0.4 is 10.3 Å². The number of aryl methyl sites for hydroxylation is 2. The molecule has 2 aromatic heterocycles. The molecule has 0 aliphatic heterocycles. The van der Waals surface area contributed by atoms with Crippen LogP contribution in [0.3, 0.4) is 0 Å². The lowest BCUT2D eigenvalue weighted by molar-refractivity contribution is 0.307. The lowest BCUT2D eigenvalue weighted by atomic mass is 9.98. The number of fused-ring (bicyclic) bond motifs is 3. The van der Waals surface area contributed by atoms with Crippen LogP contribution in [-0.2, 0) is 19.4 Å². The van der Waals surface area contributed by atoms with Gasteiger partial charge in [0.15, 0.2) is 0 Å². The van der Waals surface area contributed by atoms with E-state index in [0.29, 0.717) is 12.4 Å². The van der Waals surface area contributed by atoms with Gasteiger partial charge in [0.05, 0.1) is 10.9 Å². The summed E-state index contributed by atoms with van der Waals surface area (Å²) in [5.41, 5.74) is 3.10. The normalized spacial score (nSPS) is 14.1. The number of hydrogen-bond donors (Lipinski definition) is 1. The molecule has 0 atom stereocenters. The highest BCUT2D eigenvalue weighted by Crippen LogP contribution is 2.34. The minimum absolute atomic E-state index is 0.0362. The maximum atomic E-state index is 13.1. The maximum Gasteiger partial charge on any atom is 0.260 e. The number of aromatic amines is 1. The number of thiophene rings is 1. The van der Waals surface area contributed by atoms with Crippen LogP contribution in [0.2, 0.25) is 0 Å². The molecule has 0 unspecified atom stereocenters. The number of nitrogens with zero attached hydrogens (tertiary/aromatic N) is 1. The highest BCUT2D eigenvalue weighted by molar-refractivity contribution is 7.18. The second-order valence-electron chi connectivity index (χ2n) is 7.78. The summed E-state index contributed by atoms with van der Waals surface area (Å²) in [5.74, 6) is 1.30. The monoisotopic (exact) mass is 416 g/mol. The Hall–Kier alpha value is -2.92. The number of aromatic nitrogens is 2. The Bertz CT molecular complexity index is 1230. The summed E-state index contributed by atoms with van der Waals surface area (Å²) in [4.78, 5) is 23.2. The van der Waals surface area contributed by atoms with Crippen LogP contribution in [0, 0.1) is 0 Å². The molecule has 0 spiro atoms. The molecule has 4 aromatic rings. The first-order valence-corrected chi connectivity index (χ1v) is 11.4. The van der Waals surface area contributed by atoms with Crippen molar-refractivity contribution in [3.63, 3.8) is 0 Å². The lowest BCUT2D eigenvalue weighted by Crippen LogP contribution is -2.11. The fraction of sp³-hybridized carbons (Fsp3) is 0.280. The quantitative estimate of drug-likeness (QED) is 0.451. The molecule has 152 valence electrons. The first-order chi connectivity index (χ1) is 14.8. The fourth-order valence-electron chi connectivity index (χ4n) is 4.17. The summed E-state index contributed by atoms with van der Waals surface area (Å²) in [6.45, 7) is 0.470. The zero-order valence-corrected chi connectivity index (χ0v) is 17.6. The molecule has 0 amide bonds. The number of rotatable bonds is 4. The van der Waals surface area contributed by atoms with Gasteiger partial charge in [0, 0.05) is 4.88 Å². The predicted molar refractivity (Wildman–Crippen MR) is 122 cm³/mol. The van der Waals surface area contributed by atoms with Gasteiger partial charge in [-0.15, -0.1) is 11.3 Å². The van der Waals surface area contributed by atoms with Gasteiger partial charge in [0.2, 0.25) is 0 Å². The second kappa shape index (κ2) is 8.44. The third-order valence-electron chi connectivity index (χ3n) is 5.70. The van der Waals surface area contributed by atoms with Gasteiger partial charge in [-0.1, -0.05) is 55.3 Å². The van der Waals surface area contributed by atoms with E-state index in [2.05, 4.69) is 4.98 Å². The molecular formula is C25H24N2O2S. The highest BCUT2D eigenvalue weighted by Gasteiger charge is 2.19. The van der Waals surface area contributed by atoms with Crippen molar-refractivity contribution in [1.82, 2.24) is 9.97 Å². The molecule has 5 heteroatoms. The van der Waals surface area contributed by atoms with E-state index in [4.69, 9.17) is 9.72 Å². The van der Waals surface area contributed by atoms with Crippen LogP contribution in [-0.4, -0.2) is 9.97 Å². The van der Waals surface area contributed by atoms with Crippen molar-refractivity contribution < 1.29 is 4.74 Å². The average molecular weight is 417 g/mol. The zero-order chi connectivity index (χ0) is 20.3. The Morgan fingerprint density at radius 1 is 0.933 bits per heavy atom. The SMILES string of the molecule is O=c1[nH]c(-c2ccccc2OCc2ccccc2)nc2sc3c(c12)CCCCCC3. The predicted octanol–water partition coefficient (Wildman–Crippen LogP) is 5.89. The number of benzene rings is 2. The minimum Gasteiger partial charge on any atom is -0.488 e. The summed E-state index contributed by atoms with van der Waals surface area (Å²) in [5, 5.41) is 0.795. The van der Waals surface area contributed by atoms with Gasteiger partial charge in [-0.05, 0) is 48.9 Å². The van der Waals surface area contributed by atoms with Gasteiger partial charge in [-0.2, -0.15) is 0 Å². The van der Waals surface area contributed by atoms with Crippen molar-refractivity contribution in [2.45, 2.75) is 45.1 Å². The molecular weight excluding hydrogens is 392 g/mol. The summed E-state index contributed by atoms with van der Waals surface area (Å²) < 4.78 is 6.09. The molecule has 2 aromatic carbocycles. The molecule has 4 nitrogen and oxygen atoms in total. The van der Waals surface area contributed by atoms with Crippen LogP contribution in [0.5, 0.6) is 5.75 Å². The zero-order valence-electron chi connectivity index (χ0n) is 16.8. The Kier molecular flexibility index (Phi) is 5.37. The van der Waals surface area contributed by atoms with Gasteiger partial charge in [-0.3, -0.25) is 4.79 Å². The molecule has 0 saturated carbocycles. The van der Waals surface area contributed by atoms with Crippen LogP contribution in [0.1, 0.15) is 41.7 Å². The largest absolute Gasteiger partial charge is 0.488 e. The van der Waals surface area contributed by atoms with Crippen molar-refractivity contribution in [2.75, 3.05) is 0 Å². The topological polar surface area (TPSA) is 55.0 Å². The van der Waals surface area contributed by atoms with E-state index in [1.807, 2.05) is 54.6 Å². The molecule has 1 aliphatic carbocycles. The summed E-state index contributed by atoms with van der Waals surface area (Å²) >= 11 is 1.69. The van der Waals surface area contributed by atoms with Crippen molar-refractivity contribution in [3.05, 3.63) is 81.0 Å². The maximum absolute atomic E-state index is 13.1. The first kappa shape index (κ1) is 19.1. The van der Waals surface area contributed by atoms with E-state index in [0.717, 1.165) is 46.4 Å². The number of nitrogens with one attached hydrogen (secondary N) is 1. The van der Waals surface area contributed by atoms with E-state index in [-0.39, 0.29) is 5.56 Å². The number of para-hydroxylation sites is 1. The number of hydrogen-bond acceptors (Lipinski definition) is 4. The van der Waals surface area contributed by atoms with Crippen molar-refractivity contribution in [3.8, 4) is 17.1 Å². The van der Waals surface area contributed by atoms with Crippen molar-refractivity contribution in [2.24, 2.45) is 0 Å². The molecule has 1 aliphatic rings. The standard InChI is InChI=1S/C25H24N2O2S/c28-24-22-19-13-6-1-2-7-15-21(19)30-25(22)27-23(26-24)18-12-8-9-14-20(18)29-16-17-10-4-3-5-11-17/h3-5,8-12,14H,1-2,6-7,13,15-16H2,(H,26,27,28). The summed E-state index contributed by atoms with van der Waals surface area (Å²) in [6, 6.07) is 17.8. The van der Waals surface area contributed by atoms with E-state index in [9.17, 15) is 4.79 Å². The molecule has 0 fully saturated rings. The average Bonchev–Trinajstić information content (AvgIpc) is 3.10. The van der Waals surface area contributed by atoms with Gasteiger partial charge >= 0.3 is 0 Å².